The van der Waals surface area contributed by atoms with E-state index < -0.39 is 12.0 Å². The average Bonchev–Trinajstić information content (AvgIpc) is 2.48. The van der Waals surface area contributed by atoms with Crippen LogP contribution in [0.15, 0.2) is 48.7 Å². The Bertz CT molecular complexity index is 614. The molecule has 0 bridgehead atoms. The van der Waals surface area contributed by atoms with Gasteiger partial charge < -0.3 is 10.1 Å². The van der Waals surface area contributed by atoms with Crippen LogP contribution < -0.4 is 10.6 Å². The second-order valence-electron chi connectivity index (χ2n) is 3.83. The molecule has 1 heterocycles. The molecule has 0 unspecified atom stereocenters. The number of benzene rings is 1. The number of hydrogen-bond acceptors (Lipinski definition) is 4. The van der Waals surface area contributed by atoms with E-state index in [0.717, 1.165) is 0 Å². The van der Waals surface area contributed by atoms with Crippen molar-refractivity contribution in [1.29, 1.82) is 0 Å². The predicted molar refractivity (Wildman–Crippen MR) is 74.7 cm³/mol. The van der Waals surface area contributed by atoms with Gasteiger partial charge in [-0.3, -0.25) is 5.32 Å². The number of anilines is 2. The van der Waals surface area contributed by atoms with Crippen molar-refractivity contribution >= 4 is 23.5 Å². The van der Waals surface area contributed by atoms with Gasteiger partial charge in [0.15, 0.2) is 0 Å². The molecule has 0 fully saturated rings. The summed E-state index contributed by atoms with van der Waals surface area (Å²) in [4.78, 5) is 27.4. The van der Waals surface area contributed by atoms with Crippen LogP contribution in [0.3, 0.4) is 0 Å². The second kappa shape index (κ2) is 6.33. The quantitative estimate of drug-likeness (QED) is 0.840. The molecule has 2 rings (SSSR count). The molecule has 0 atom stereocenters. The van der Waals surface area contributed by atoms with Gasteiger partial charge in [-0.05, 0) is 24.3 Å². The van der Waals surface area contributed by atoms with Gasteiger partial charge >= 0.3 is 12.0 Å². The summed E-state index contributed by atoms with van der Waals surface area (Å²) in [5.41, 5.74) is 0.652. The van der Waals surface area contributed by atoms with E-state index in [2.05, 4.69) is 20.4 Å². The zero-order valence-corrected chi connectivity index (χ0v) is 10.8. The Morgan fingerprint density at radius 2 is 1.80 bits per heavy atom. The summed E-state index contributed by atoms with van der Waals surface area (Å²) in [5.74, 6) is -0.0979. The summed E-state index contributed by atoms with van der Waals surface area (Å²) in [5, 5.41) is 5.14. The van der Waals surface area contributed by atoms with Crippen LogP contribution in [0.4, 0.5) is 16.3 Å². The van der Waals surface area contributed by atoms with Crippen LogP contribution in [0.1, 0.15) is 10.4 Å². The fourth-order valence-electron chi connectivity index (χ4n) is 1.59. The largest absolute Gasteiger partial charge is 0.465 e. The molecule has 0 saturated heterocycles. The molecule has 1 aromatic heterocycles. The Kier molecular flexibility index (Phi) is 4.28. The SMILES string of the molecule is COC(=O)c1ccccc1NC(=O)Nc1ccccn1. The van der Waals surface area contributed by atoms with E-state index in [-0.39, 0.29) is 5.56 Å². The van der Waals surface area contributed by atoms with Gasteiger partial charge in [-0.2, -0.15) is 0 Å². The fraction of sp³-hybridized carbons (Fsp3) is 0.0714. The lowest BCUT2D eigenvalue weighted by atomic mass is 10.2. The van der Waals surface area contributed by atoms with Crippen LogP contribution in [0.25, 0.3) is 0 Å². The second-order valence-corrected chi connectivity index (χ2v) is 3.83. The lowest BCUT2D eigenvalue weighted by Crippen LogP contribution is -2.21. The minimum absolute atomic E-state index is 0.283. The number of ether oxygens (including phenoxy) is 1. The van der Waals surface area contributed by atoms with E-state index >= 15 is 0 Å². The zero-order valence-electron chi connectivity index (χ0n) is 10.8. The Morgan fingerprint density at radius 1 is 1.05 bits per heavy atom. The first-order chi connectivity index (χ1) is 9.70. The summed E-state index contributed by atoms with van der Waals surface area (Å²) in [6, 6.07) is 11.3. The highest BCUT2D eigenvalue weighted by atomic mass is 16.5. The van der Waals surface area contributed by atoms with Crippen molar-refractivity contribution in [2.24, 2.45) is 0 Å². The molecule has 0 aliphatic carbocycles. The highest BCUT2D eigenvalue weighted by Gasteiger charge is 2.13. The van der Waals surface area contributed by atoms with E-state index in [9.17, 15) is 9.59 Å². The summed E-state index contributed by atoms with van der Waals surface area (Å²) < 4.78 is 4.65. The van der Waals surface area contributed by atoms with Crippen LogP contribution in [-0.2, 0) is 4.74 Å². The lowest BCUT2D eigenvalue weighted by Gasteiger charge is -2.10. The van der Waals surface area contributed by atoms with Crippen molar-refractivity contribution < 1.29 is 14.3 Å². The number of carbonyl (C=O) groups is 2. The number of aromatic nitrogens is 1. The third kappa shape index (κ3) is 3.32. The normalized spacial score (nSPS) is 9.65. The number of esters is 1. The van der Waals surface area contributed by atoms with Gasteiger partial charge in [0.1, 0.15) is 5.82 Å². The summed E-state index contributed by atoms with van der Waals surface area (Å²) >= 11 is 0. The maximum absolute atomic E-state index is 11.8. The first-order valence-electron chi connectivity index (χ1n) is 5.87. The highest BCUT2D eigenvalue weighted by molar-refractivity contribution is 6.04. The molecule has 0 saturated carbocycles. The van der Waals surface area contributed by atoms with Gasteiger partial charge in [0.05, 0.1) is 18.4 Å². The molecular weight excluding hydrogens is 258 g/mol. The van der Waals surface area contributed by atoms with Crippen LogP contribution in [0.5, 0.6) is 0 Å². The van der Waals surface area contributed by atoms with Gasteiger partial charge in [-0.25, -0.2) is 14.6 Å². The van der Waals surface area contributed by atoms with Gasteiger partial charge in [0.2, 0.25) is 0 Å². The van der Waals surface area contributed by atoms with Gasteiger partial charge in [-0.15, -0.1) is 0 Å². The van der Waals surface area contributed by atoms with E-state index in [1.54, 1.807) is 48.7 Å². The van der Waals surface area contributed by atoms with E-state index in [0.29, 0.717) is 11.5 Å². The van der Waals surface area contributed by atoms with Crippen molar-refractivity contribution in [2.75, 3.05) is 17.7 Å². The number of hydrogen-bond donors (Lipinski definition) is 2. The van der Waals surface area contributed by atoms with Gasteiger partial charge in [0.25, 0.3) is 0 Å². The number of urea groups is 1. The maximum atomic E-state index is 11.8. The summed E-state index contributed by atoms with van der Waals surface area (Å²) in [6.45, 7) is 0. The molecule has 102 valence electrons. The van der Waals surface area contributed by atoms with Crippen molar-refractivity contribution in [3.05, 3.63) is 54.2 Å². The molecular formula is C14H13N3O3. The number of nitrogens with zero attached hydrogens (tertiary/aromatic N) is 1. The highest BCUT2D eigenvalue weighted by Crippen LogP contribution is 2.16. The van der Waals surface area contributed by atoms with Crippen molar-refractivity contribution in [1.82, 2.24) is 4.98 Å². The lowest BCUT2D eigenvalue weighted by molar-refractivity contribution is 0.0602. The Morgan fingerprint density at radius 3 is 2.50 bits per heavy atom. The number of rotatable bonds is 3. The Balaban J connectivity index is 2.10. The molecule has 0 spiro atoms. The van der Waals surface area contributed by atoms with Crippen LogP contribution >= 0.6 is 0 Å². The number of para-hydroxylation sites is 1. The number of nitrogens with one attached hydrogen (secondary N) is 2. The van der Waals surface area contributed by atoms with Crippen molar-refractivity contribution in [3.63, 3.8) is 0 Å². The molecule has 2 amide bonds. The van der Waals surface area contributed by atoms with E-state index in [1.165, 1.54) is 7.11 Å². The molecule has 1 aromatic carbocycles. The standard InChI is InChI=1S/C14H13N3O3/c1-20-13(18)10-6-2-3-7-11(10)16-14(19)17-12-8-4-5-9-15-12/h2-9H,1H3,(H2,15,16,17,19). The topological polar surface area (TPSA) is 80.3 Å². The predicted octanol–water partition coefficient (Wildman–Crippen LogP) is 2.51. The summed E-state index contributed by atoms with van der Waals surface area (Å²) in [6.07, 6.45) is 1.57. The Labute approximate surface area is 115 Å². The zero-order chi connectivity index (χ0) is 14.4. The molecule has 0 radical (unpaired) electrons. The monoisotopic (exact) mass is 271 g/mol. The number of amides is 2. The number of carbonyl (C=O) groups excluding carboxylic acids is 2. The Hall–Kier alpha value is -2.89. The molecule has 6 nitrogen and oxygen atoms in total. The minimum Gasteiger partial charge on any atom is -0.465 e. The third-order valence-corrected chi connectivity index (χ3v) is 2.49. The fourth-order valence-corrected chi connectivity index (χ4v) is 1.59. The molecule has 0 aliphatic heterocycles. The van der Waals surface area contributed by atoms with Crippen LogP contribution in [0, 0.1) is 0 Å². The molecule has 20 heavy (non-hydrogen) atoms. The molecule has 2 N–H and O–H groups in total. The maximum Gasteiger partial charge on any atom is 0.339 e. The van der Waals surface area contributed by atoms with Crippen LogP contribution in [0.2, 0.25) is 0 Å². The first-order valence-corrected chi connectivity index (χ1v) is 5.87. The third-order valence-electron chi connectivity index (χ3n) is 2.49. The van der Waals surface area contributed by atoms with Gasteiger partial charge in [0, 0.05) is 6.20 Å². The number of methoxy groups -OCH3 is 1. The van der Waals surface area contributed by atoms with Crippen molar-refractivity contribution in [2.45, 2.75) is 0 Å². The van der Waals surface area contributed by atoms with Crippen molar-refractivity contribution in [3.8, 4) is 0 Å². The van der Waals surface area contributed by atoms with E-state index in [1.807, 2.05) is 0 Å². The minimum atomic E-state index is -0.515. The van der Waals surface area contributed by atoms with Gasteiger partial charge in [-0.1, -0.05) is 18.2 Å². The van der Waals surface area contributed by atoms with E-state index in [4.69, 9.17) is 0 Å². The smallest absolute Gasteiger partial charge is 0.339 e. The molecule has 6 heteroatoms. The first kappa shape index (κ1) is 13.5. The molecule has 2 aromatic rings. The average molecular weight is 271 g/mol. The molecule has 0 aliphatic rings. The number of pyridine rings is 1. The summed E-state index contributed by atoms with van der Waals surface area (Å²) in [7, 11) is 1.28. The van der Waals surface area contributed by atoms with Crippen LogP contribution in [-0.4, -0.2) is 24.1 Å².